The maximum Gasteiger partial charge on any atom is 0.250 e. The minimum Gasteiger partial charge on any atom is -0.324 e. The highest BCUT2D eigenvalue weighted by Crippen LogP contribution is 2.70. The number of halogens is 2. The molecule has 1 aliphatic carbocycles. The summed E-state index contributed by atoms with van der Waals surface area (Å²) in [5.41, 5.74) is 2.77. The number of hydrogen-bond donors (Lipinski definition) is 1. The van der Waals surface area contributed by atoms with Crippen LogP contribution in [0.2, 0.25) is 0 Å². The van der Waals surface area contributed by atoms with E-state index < -0.39 is 11.0 Å². The summed E-state index contributed by atoms with van der Waals surface area (Å²) in [5, 5.41) is 3.21. The van der Waals surface area contributed by atoms with Crippen LogP contribution in [0.1, 0.15) is 41.9 Å². The zero-order chi connectivity index (χ0) is 26.1. The first-order valence-corrected chi connectivity index (χ1v) is 15.7. The minimum atomic E-state index is -1.04. The number of para-hydroxylation sites is 1. The van der Waals surface area contributed by atoms with E-state index >= 15 is 4.79 Å². The fourth-order valence-corrected chi connectivity index (χ4v) is 9.85. The van der Waals surface area contributed by atoms with Crippen LogP contribution in [-0.4, -0.2) is 34.3 Å². The van der Waals surface area contributed by atoms with E-state index in [-0.39, 0.29) is 23.7 Å². The summed E-state index contributed by atoms with van der Waals surface area (Å²) in [6, 6.07) is 24.6. The first-order valence-electron chi connectivity index (χ1n) is 13.0. The van der Waals surface area contributed by atoms with Gasteiger partial charge in [0.15, 0.2) is 5.78 Å². The van der Waals surface area contributed by atoms with Gasteiger partial charge in [-0.25, -0.2) is 0 Å². The smallest absolute Gasteiger partial charge is 0.250 e. The maximum atomic E-state index is 15.1. The third-order valence-corrected chi connectivity index (χ3v) is 10.9. The molecule has 192 valence electrons. The van der Waals surface area contributed by atoms with Gasteiger partial charge in [-0.2, -0.15) is 0 Å². The Balaban J connectivity index is 1.52. The van der Waals surface area contributed by atoms with Crippen molar-refractivity contribution in [2.45, 2.75) is 36.8 Å². The molecule has 3 heterocycles. The lowest BCUT2D eigenvalue weighted by Crippen LogP contribution is -2.60. The molecule has 4 aliphatic rings. The van der Waals surface area contributed by atoms with Crippen LogP contribution in [0, 0.1) is 5.41 Å². The lowest BCUT2D eigenvalue weighted by molar-refractivity contribution is -0.145. The molecule has 0 aromatic heterocycles. The first kappa shape index (κ1) is 24.8. The molecule has 3 aliphatic heterocycles. The average molecular weight is 650 g/mol. The summed E-state index contributed by atoms with van der Waals surface area (Å²) in [4.78, 5) is 32.0. The van der Waals surface area contributed by atoms with E-state index in [1.807, 2.05) is 60.3 Å². The molecule has 7 heteroatoms. The van der Waals surface area contributed by atoms with E-state index in [4.69, 9.17) is 0 Å². The van der Waals surface area contributed by atoms with E-state index in [0.717, 1.165) is 61.4 Å². The number of rotatable bonds is 2. The molecule has 1 saturated carbocycles. The molecule has 3 aromatic carbocycles. The van der Waals surface area contributed by atoms with Crippen molar-refractivity contribution in [1.82, 2.24) is 4.90 Å². The second kappa shape index (κ2) is 9.19. The van der Waals surface area contributed by atoms with Gasteiger partial charge in [0, 0.05) is 43.8 Å². The molecule has 2 saturated heterocycles. The zero-order valence-corrected chi connectivity index (χ0v) is 24.6. The summed E-state index contributed by atoms with van der Waals surface area (Å²) in [5.74, 6) is 1.59. The summed E-state index contributed by atoms with van der Waals surface area (Å²) in [6.07, 6.45) is 4.31. The quantitative estimate of drug-likeness (QED) is 0.295. The fourth-order valence-electron chi connectivity index (χ4n) is 7.71. The van der Waals surface area contributed by atoms with Crippen LogP contribution in [0.25, 0.3) is 6.08 Å². The standard InChI is InChI=1S/C31H26Br2N2O2S/c32-22-9-3-6-19(15-22)14-21-8-5-13-30(28(21)36)27(20-7-4-10-23(33)16-20)26-17-38-18-35(26)31(30)24-11-1-2-12-25(24)34-29(31)37/h1-4,6-7,9-12,14-16,26-27H,5,8,13,17-18H2,(H,34,37)/b21-14+/t26-,27-,30-,31-/m0/s1. The molecule has 38 heavy (non-hydrogen) atoms. The van der Waals surface area contributed by atoms with E-state index in [1.165, 1.54) is 0 Å². The molecule has 1 N–H and O–H groups in total. The molecule has 7 rings (SSSR count). The van der Waals surface area contributed by atoms with Crippen molar-refractivity contribution < 1.29 is 9.59 Å². The van der Waals surface area contributed by atoms with Crippen LogP contribution in [-0.2, 0) is 15.1 Å². The molecular weight excluding hydrogens is 624 g/mol. The molecule has 3 aromatic rings. The Labute approximate surface area is 243 Å². The van der Waals surface area contributed by atoms with E-state index in [2.05, 4.69) is 72.4 Å². The number of Topliss-reactive ketones (excluding diaryl/α,β-unsaturated/α-hetero) is 1. The number of amides is 1. The summed E-state index contributed by atoms with van der Waals surface area (Å²) < 4.78 is 1.98. The number of benzene rings is 3. The average Bonchev–Trinajstić information content (AvgIpc) is 3.55. The van der Waals surface area contributed by atoms with Crippen molar-refractivity contribution in [3.63, 3.8) is 0 Å². The van der Waals surface area contributed by atoms with Crippen LogP contribution in [0.4, 0.5) is 5.69 Å². The maximum absolute atomic E-state index is 15.1. The molecule has 0 radical (unpaired) electrons. The summed E-state index contributed by atoms with van der Waals surface area (Å²) in [6.45, 7) is 0. The molecule has 0 unspecified atom stereocenters. The van der Waals surface area contributed by atoms with Crippen molar-refractivity contribution in [3.05, 3.63) is 104 Å². The molecule has 3 fully saturated rings. The van der Waals surface area contributed by atoms with Gasteiger partial charge >= 0.3 is 0 Å². The van der Waals surface area contributed by atoms with E-state index in [0.29, 0.717) is 6.42 Å². The number of carbonyl (C=O) groups excluding carboxylic acids is 2. The normalized spacial score (nSPS) is 31.3. The van der Waals surface area contributed by atoms with Crippen molar-refractivity contribution in [1.29, 1.82) is 0 Å². The summed E-state index contributed by atoms with van der Waals surface area (Å²) in [7, 11) is 0. The number of thioether (sulfide) groups is 1. The number of ketones is 1. The van der Waals surface area contributed by atoms with Crippen molar-refractivity contribution in [2.24, 2.45) is 5.41 Å². The number of fused-ring (bicyclic) bond motifs is 5. The largest absolute Gasteiger partial charge is 0.324 e. The van der Waals surface area contributed by atoms with E-state index in [9.17, 15) is 4.79 Å². The molecule has 4 atom stereocenters. The highest BCUT2D eigenvalue weighted by atomic mass is 79.9. The van der Waals surface area contributed by atoms with Gasteiger partial charge in [0.25, 0.3) is 5.91 Å². The third-order valence-electron chi connectivity index (χ3n) is 8.92. The second-order valence-electron chi connectivity index (χ2n) is 10.7. The van der Waals surface area contributed by atoms with Crippen molar-refractivity contribution in [3.8, 4) is 0 Å². The number of carbonyl (C=O) groups is 2. The summed E-state index contributed by atoms with van der Waals surface area (Å²) >= 11 is 9.12. The minimum absolute atomic E-state index is 0.0549. The predicted octanol–water partition coefficient (Wildman–Crippen LogP) is 7.35. The number of allylic oxidation sites excluding steroid dienone is 1. The Hall–Kier alpha value is -2.19. The van der Waals surface area contributed by atoms with Gasteiger partial charge in [-0.3, -0.25) is 14.5 Å². The Bertz CT molecular complexity index is 1520. The molecule has 2 spiro atoms. The molecule has 4 nitrogen and oxygen atoms in total. The van der Waals surface area contributed by atoms with Gasteiger partial charge in [-0.15, -0.1) is 11.8 Å². The van der Waals surface area contributed by atoms with Gasteiger partial charge in [0.2, 0.25) is 0 Å². The third kappa shape index (κ3) is 3.31. The van der Waals surface area contributed by atoms with Crippen LogP contribution >= 0.6 is 43.6 Å². The van der Waals surface area contributed by atoms with Gasteiger partial charge < -0.3 is 5.32 Å². The van der Waals surface area contributed by atoms with Crippen LogP contribution in [0.5, 0.6) is 0 Å². The van der Waals surface area contributed by atoms with Gasteiger partial charge in [-0.05, 0) is 72.4 Å². The first-order chi connectivity index (χ1) is 18.5. The SMILES string of the molecule is O=C1Nc2ccccc2[C@]12N1CSC[C@H]1[C@H](c1cccc(Br)c1)[C@]21CCC/C(=C\c2cccc(Br)c2)C1=O. The second-order valence-corrected chi connectivity index (χ2v) is 13.5. The monoisotopic (exact) mass is 648 g/mol. The van der Waals surface area contributed by atoms with Gasteiger partial charge in [0.05, 0.1) is 5.41 Å². The lowest BCUT2D eigenvalue weighted by atomic mass is 9.53. The van der Waals surface area contributed by atoms with Gasteiger partial charge in [-0.1, -0.05) is 74.3 Å². The molecular formula is C31H26Br2N2O2S. The lowest BCUT2D eigenvalue weighted by Gasteiger charge is -2.49. The van der Waals surface area contributed by atoms with Crippen LogP contribution in [0.15, 0.2) is 87.3 Å². The highest BCUT2D eigenvalue weighted by molar-refractivity contribution is 9.10. The molecule has 1 amide bonds. The number of nitrogens with zero attached hydrogens (tertiary/aromatic N) is 1. The fraction of sp³-hybridized carbons (Fsp3) is 0.290. The molecule has 0 bridgehead atoms. The van der Waals surface area contributed by atoms with Gasteiger partial charge in [0.1, 0.15) is 5.54 Å². The Kier molecular flexibility index (Phi) is 6.00. The van der Waals surface area contributed by atoms with E-state index in [1.54, 1.807) is 0 Å². The highest BCUT2D eigenvalue weighted by Gasteiger charge is 2.77. The van der Waals surface area contributed by atoms with Crippen molar-refractivity contribution in [2.75, 3.05) is 16.9 Å². The van der Waals surface area contributed by atoms with Crippen molar-refractivity contribution >= 4 is 67.1 Å². The number of anilines is 1. The van der Waals surface area contributed by atoms with Crippen LogP contribution in [0.3, 0.4) is 0 Å². The van der Waals surface area contributed by atoms with Crippen LogP contribution < -0.4 is 5.32 Å². The zero-order valence-electron chi connectivity index (χ0n) is 20.6. The number of nitrogens with one attached hydrogen (secondary N) is 1. The topological polar surface area (TPSA) is 49.4 Å². The number of hydrogen-bond acceptors (Lipinski definition) is 4. The Morgan fingerprint density at radius 1 is 0.974 bits per heavy atom. The Morgan fingerprint density at radius 3 is 2.58 bits per heavy atom. The Morgan fingerprint density at radius 2 is 1.76 bits per heavy atom. The predicted molar refractivity (Wildman–Crippen MR) is 160 cm³/mol.